The van der Waals surface area contributed by atoms with Crippen molar-refractivity contribution in [1.82, 2.24) is 20.4 Å². The minimum absolute atomic E-state index is 0.00272. The lowest BCUT2D eigenvalue weighted by molar-refractivity contribution is -0.153. The van der Waals surface area contributed by atoms with Crippen LogP contribution >= 0.6 is 0 Å². The van der Waals surface area contributed by atoms with Crippen LogP contribution in [-0.4, -0.2) is 99.8 Å². The van der Waals surface area contributed by atoms with E-state index < -0.39 is 5.60 Å². The Morgan fingerprint density at radius 1 is 1.12 bits per heavy atom. The zero-order valence-corrected chi connectivity index (χ0v) is 16.6. The standard InChI is InChI=1S/C17H33N5O4/c1-17(2,3)26-15(24)12-20-16(18-4)22-9-7-21(8-10-22)13-14(23)19-6-11-25-5/h6-13H2,1-5H3,(H,18,20)(H,19,23). The molecule has 0 aliphatic carbocycles. The number of aliphatic imine (C=N–C) groups is 1. The van der Waals surface area contributed by atoms with Gasteiger partial charge in [0.25, 0.3) is 0 Å². The molecule has 150 valence electrons. The van der Waals surface area contributed by atoms with Crippen LogP contribution in [0.5, 0.6) is 0 Å². The second-order valence-electron chi connectivity index (χ2n) is 7.09. The quantitative estimate of drug-likeness (QED) is 0.264. The van der Waals surface area contributed by atoms with Crippen LogP contribution in [0.4, 0.5) is 0 Å². The highest BCUT2D eigenvalue weighted by Crippen LogP contribution is 2.06. The van der Waals surface area contributed by atoms with Gasteiger partial charge < -0.3 is 25.0 Å². The molecular weight excluding hydrogens is 338 g/mol. The summed E-state index contributed by atoms with van der Waals surface area (Å²) < 4.78 is 10.2. The van der Waals surface area contributed by atoms with Gasteiger partial charge in [-0.2, -0.15) is 0 Å². The summed E-state index contributed by atoms with van der Waals surface area (Å²) in [6, 6.07) is 0. The number of hydrogen-bond acceptors (Lipinski definition) is 6. The van der Waals surface area contributed by atoms with Crippen LogP contribution in [0.1, 0.15) is 20.8 Å². The summed E-state index contributed by atoms with van der Waals surface area (Å²) in [6.07, 6.45) is 0. The number of nitrogens with one attached hydrogen (secondary N) is 2. The van der Waals surface area contributed by atoms with Crippen LogP contribution in [0.3, 0.4) is 0 Å². The van der Waals surface area contributed by atoms with E-state index in [0.717, 1.165) is 26.2 Å². The molecule has 2 N–H and O–H groups in total. The molecule has 0 aromatic carbocycles. The first-order valence-electron chi connectivity index (χ1n) is 8.90. The van der Waals surface area contributed by atoms with Crippen molar-refractivity contribution in [3.63, 3.8) is 0 Å². The molecule has 0 aromatic rings. The van der Waals surface area contributed by atoms with E-state index >= 15 is 0 Å². The van der Waals surface area contributed by atoms with E-state index in [1.807, 2.05) is 20.8 Å². The minimum Gasteiger partial charge on any atom is -0.459 e. The van der Waals surface area contributed by atoms with Crippen molar-refractivity contribution >= 4 is 17.8 Å². The van der Waals surface area contributed by atoms with E-state index in [4.69, 9.17) is 9.47 Å². The fraction of sp³-hybridized carbons (Fsp3) is 0.824. The van der Waals surface area contributed by atoms with Gasteiger partial charge in [-0.25, -0.2) is 0 Å². The van der Waals surface area contributed by atoms with Crippen molar-refractivity contribution < 1.29 is 19.1 Å². The average Bonchev–Trinajstić information content (AvgIpc) is 2.55. The van der Waals surface area contributed by atoms with Crippen molar-refractivity contribution in [3.8, 4) is 0 Å². The third-order valence-electron chi connectivity index (χ3n) is 3.69. The van der Waals surface area contributed by atoms with Crippen LogP contribution in [0, 0.1) is 0 Å². The molecule has 0 spiro atoms. The summed E-state index contributed by atoms with van der Waals surface area (Å²) in [5, 5.41) is 5.86. The van der Waals surface area contributed by atoms with Gasteiger partial charge in [-0.1, -0.05) is 0 Å². The van der Waals surface area contributed by atoms with Gasteiger partial charge >= 0.3 is 5.97 Å². The second kappa shape index (κ2) is 11.0. The number of methoxy groups -OCH3 is 1. The first-order valence-corrected chi connectivity index (χ1v) is 8.90. The molecular formula is C17H33N5O4. The average molecular weight is 371 g/mol. The molecule has 1 fully saturated rings. The van der Waals surface area contributed by atoms with Gasteiger partial charge in [0, 0.05) is 46.9 Å². The van der Waals surface area contributed by atoms with Crippen molar-refractivity contribution in [3.05, 3.63) is 0 Å². The number of guanidine groups is 1. The van der Waals surface area contributed by atoms with Crippen LogP contribution < -0.4 is 10.6 Å². The molecule has 26 heavy (non-hydrogen) atoms. The van der Waals surface area contributed by atoms with E-state index in [1.54, 1.807) is 14.2 Å². The lowest BCUT2D eigenvalue weighted by atomic mass is 10.2. The van der Waals surface area contributed by atoms with Gasteiger partial charge in [-0.15, -0.1) is 0 Å². The third kappa shape index (κ3) is 9.00. The fourth-order valence-electron chi connectivity index (χ4n) is 2.53. The number of piperazine rings is 1. The predicted molar refractivity (Wildman–Crippen MR) is 100 cm³/mol. The first kappa shape index (κ1) is 22.2. The number of carbonyl (C=O) groups excluding carboxylic acids is 2. The molecule has 1 heterocycles. The van der Waals surface area contributed by atoms with Crippen LogP contribution in [0.25, 0.3) is 0 Å². The topological polar surface area (TPSA) is 95.5 Å². The number of ether oxygens (including phenoxy) is 2. The molecule has 0 aromatic heterocycles. The Balaban J connectivity index is 2.33. The molecule has 0 radical (unpaired) electrons. The van der Waals surface area contributed by atoms with E-state index in [1.165, 1.54) is 0 Å². The Morgan fingerprint density at radius 2 is 1.77 bits per heavy atom. The molecule has 0 unspecified atom stereocenters. The second-order valence-corrected chi connectivity index (χ2v) is 7.09. The molecule has 0 saturated carbocycles. The van der Waals surface area contributed by atoms with Crippen LogP contribution in [0.15, 0.2) is 4.99 Å². The highest BCUT2D eigenvalue weighted by atomic mass is 16.6. The van der Waals surface area contributed by atoms with E-state index in [9.17, 15) is 9.59 Å². The smallest absolute Gasteiger partial charge is 0.325 e. The summed E-state index contributed by atoms with van der Waals surface area (Å²) in [4.78, 5) is 32.1. The highest BCUT2D eigenvalue weighted by molar-refractivity contribution is 5.84. The molecule has 0 bridgehead atoms. The molecule has 1 amide bonds. The number of amides is 1. The fourth-order valence-corrected chi connectivity index (χ4v) is 2.53. The molecule has 9 heteroatoms. The SMILES string of the molecule is CN=C(NCC(=O)OC(C)(C)C)N1CCN(CC(=O)NCCOC)CC1. The first-order chi connectivity index (χ1) is 12.2. The predicted octanol–water partition coefficient (Wildman–Crippen LogP) is -0.716. The lowest BCUT2D eigenvalue weighted by Crippen LogP contribution is -2.54. The Morgan fingerprint density at radius 3 is 2.31 bits per heavy atom. The summed E-state index contributed by atoms with van der Waals surface area (Å²) in [5.74, 6) is 0.355. The summed E-state index contributed by atoms with van der Waals surface area (Å²) in [6.45, 7) is 9.98. The minimum atomic E-state index is -0.502. The molecule has 0 atom stereocenters. The molecule has 9 nitrogen and oxygen atoms in total. The summed E-state index contributed by atoms with van der Waals surface area (Å²) >= 11 is 0. The number of rotatable bonds is 7. The number of nitrogens with zero attached hydrogens (tertiary/aromatic N) is 3. The van der Waals surface area contributed by atoms with E-state index in [0.29, 0.717) is 25.7 Å². The summed E-state index contributed by atoms with van der Waals surface area (Å²) in [7, 11) is 3.29. The van der Waals surface area contributed by atoms with Crippen LogP contribution in [0.2, 0.25) is 0 Å². The molecule has 1 aliphatic heterocycles. The van der Waals surface area contributed by atoms with E-state index in [2.05, 4.69) is 25.4 Å². The maximum atomic E-state index is 11.8. The zero-order valence-electron chi connectivity index (χ0n) is 16.6. The maximum absolute atomic E-state index is 11.8. The van der Waals surface area contributed by atoms with Gasteiger partial charge in [0.05, 0.1) is 13.2 Å². The Kier molecular flexibility index (Phi) is 9.36. The van der Waals surface area contributed by atoms with Crippen LogP contribution in [-0.2, 0) is 19.1 Å². The highest BCUT2D eigenvalue weighted by Gasteiger charge is 2.22. The normalized spacial score (nSPS) is 16.3. The zero-order chi connectivity index (χ0) is 19.6. The number of esters is 1. The Bertz CT molecular complexity index is 482. The molecule has 1 aliphatic rings. The van der Waals surface area contributed by atoms with Crippen molar-refractivity contribution in [2.45, 2.75) is 26.4 Å². The van der Waals surface area contributed by atoms with Gasteiger partial charge in [0.1, 0.15) is 12.1 Å². The Labute approximate surface area is 156 Å². The molecule has 1 rings (SSSR count). The number of carbonyl (C=O) groups is 2. The van der Waals surface area contributed by atoms with Gasteiger partial charge in [-0.05, 0) is 20.8 Å². The van der Waals surface area contributed by atoms with Gasteiger partial charge in [-0.3, -0.25) is 19.5 Å². The monoisotopic (exact) mass is 371 g/mol. The third-order valence-corrected chi connectivity index (χ3v) is 3.69. The van der Waals surface area contributed by atoms with Crippen molar-refractivity contribution in [2.24, 2.45) is 4.99 Å². The maximum Gasteiger partial charge on any atom is 0.325 e. The Hall–Kier alpha value is -1.87. The molecule has 1 saturated heterocycles. The lowest BCUT2D eigenvalue weighted by Gasteiger charge is -2.36. The van der Waals surface area contributed by atoms with E-state index in [-0.39, 0.29) is 18.4 Å². The summed E-state index contributed by atoms with van der Waals surface area (Å²) in [5.41, 5.74) is -0.502. The van der Waals surface area contributed by atoms with Crippen molar-refractivity contribution in [1.29, 1.82) is 0 Å². The number of hydrogen-bond donors (Lipinski definition) is 2. The van der Waals surface area contributed by atoms with Crippen molar-refractivity contribution in [2.75, 3.05) is 66.6 Å². The van der Waals surface area contributed by atoms with Gasteiger partial charge in [0.2, 0.25) is 5.91 Å². The largest absolute Gasteiger partial charge is 0.459 e. The van der Waals surface area contributed by atoms with Gasteiger partial charge in [0.15, 0.2) is 5.96 Å².